The third-order valence-corrected chi connectivity index (χ3v) is 5.93. The third kappa shape index (κ3) is 5.25. The van der Waals surface area contributed by atoms with Gasteiger partial charge in [0.05, 0.1) is 6.61 Å². The molecule has 0 saturated carbocycles. The highest BCUT2D eigenvalue weighted by atomic mass is 31.1. The molecule has 1 aromatic rings. The fourth-order valence-corrected chi connectivity index (χ4v) is 3.59. The standard InChI is InChI=1S/C16H27N4O7P/c1-9(2)19(4)28(24)26-8-11-13(22)14(25-5)15(27-11)20-7-6-12(17-10(3)21)18-16(20)23/h6-7,9,11,13-15,22,28H,8H2,1-5H3,(H,17,18,21,23)/t11-,13?,14?,15-/m1/s1. The fraction of sp³-hybridized carbons (Fsp3) is 0.688. The minimum atomic E-state index is -2.48. The maximum Gasteiger partial charge on any atom is 0.351 e. The molecule has 28 heavy (non-hydrogen) atoms. The molecule has 11 nitrogen and oxygen atoms in total. The van der Waals surface area contributed by atoms with Crippen molar-refractivity contribution in [3.63, 3.8) is 0 Å². The fourth-order valence-electron chi connectivity index (χ4n) is 2.66. The number of carbonyl (C=O) groups is 1. The maximum absolute atomic E-state index is 12.3. The van der Waals surface area contributed by atoms with Crippen LogP contribution in [0.3, 0.4) is 0 Å². The van der Waals surface area contributed by atoms with Crippen LogP contribution < -0.4 is 11.0 Å². The van der Waals surface area contributed by atoms with E-state index in [1.807, 2.05) is 13.8 Å². The van der Waals surface area contributed by atoms with Crippen LogP contribution in [0.15, 0.2) is 17.1 Å². The van der Waals surface area contributed by atoms with Gasteiger partial charge in [-0.25, -0.2) is 9.46 Å². The quantitative estimate of drug-likeness (QED) is 0.569. The van der Waals surface area contributed by atoms with Crippen LogP contribution in [0.1, 0.15) is 27.0 Å². The second kappa shape index (κ2) is 9.73. The molecule has 0 spiro atoms. The van der Waals surface area contributed by atoms with Gasteiger partial charge in [-0.1, -0.05) is 0 Å². The largest absolute Gasteiger partial charge is 0.387 e. The normalized spacial score (nSPS) is 26.0. The van der Waals surface area contributed by atoms with Gasteiger partial charge in [-0.2, -0.15) is 4.98 Å². The molecule has 2 heterocycles. The van der Waals surface area contributed by atoms with Crippen molar-refractivity contribution in [1.29, 1.82) is 0 Å². The van der Waals surface area contributed by atoms with Gasteiger partial charge in [0.25, 0.3) is 8.18 Å². The number of anilines is 1. The molecule has 1 fully saturated rings. The van der Waals surface area contributed by atoms with Crippen molar-refractivity contribution < 1.29 is 28.5 Å². The van der Waals surface area contributed by atoms with Crippen LogP contribution in [0.25, 0.3) is 0 Å². The smallest absolute Gasteiger partial charge is 0.351 e. The predicted octanol–water partition coefficient (Wildman–Crippen LogP) is 0.221. The molecule has 0 aromatic carbocycles. The summed E-state index contributed by atoms with van der Waals surface area (Å²) in [7, 11) is 0.586. The first-order valence-electron chi connectivity index (χ1n) is 8.78. The molecule has 0 aliphatic carbocycles. The number of nitrogens with zero attached hydrogens (tertiary/aromatic N) is 3. The molecule has 2 rings (SSSR count). The molecule has 158 valence electrons. The zero-order valence-corrected chi connectivity index (χ0v) is 17.5. The molecular weight excluding hydrogens is 391 g/mol. The van der Waals surface area contributed by atoms with Crippen LogP contribution in [0, 0.1) is 0 Å². The number of aromatic nitrogens is 2. The summed E-state index contributed by atoms with van der Waals surface area (Å²) in [6, 6.07) is 1.47. The van der Waals surface area contributed by atoms with Crippen molar-refractivity contribution in [3.8, 4) is 0 Å². The Labute approximate surface area is 163 Å². The monoisotopic (exact) mass is 418 g/mol. The van der Waals surface area contributed by atoms with Gasteiger partial charge in [0.15, 0.2) is 6.23 Å². The minimum Gasteiger partial charge on any atom is -0.387 e. The summed E-state index contributed by atoms with van der Waals surface area (Å²) in [4.78, 5) is 27.2. The Morgan fingerprint density at radius 2 is 2.21 bits per heavy atom. The lowest BCUT2D eigenvalue weighted by Crippen LogP contribution is -2.37. The van der Waals surface area contributed by atoms with Crippen molar-refractivity contribution in [1.82, 2.24) is 14.2 Å². The van der Waals surface area contributed by atoms with Crippen LogP contribution >= 0.6 is 8.18 Å². The Morgan fingerprint density at radius 3 is 2.75 bits per heavy atom. The highest BCUT2D eigenvalue weighted by molar-refractivity contribution is 7.36. The zero-order chi connectivity index (χ0) is 21.0. The van der Waals surface area contributed by atoms with E-state index in [1.54, 1.807) is 11.7 Å². The van der Waals surface area contributed by atoms with E-state index in [0.29, 0.717) is 0 Å². The Balaban J connectivity index is 2.13. The van der Waals surface area contributed by atoms with Gasteiger partial charge in [0.2, 0.25) is 5.91 Å². The van der Waals surface area contributed by atoms with Gasteiger partial charge >= 0.3 is 5.69 Å². The summed E-state index contributed by atoms with van der Waals surface area (Å²) in [5, 5.41) is 12.9. The SMILES string of the molecule is COC1C(O)[C@@H](CO[PH](=O)N(C)C(C)C)O[C@H]1n1ccc(NC(C)=O)nc1=O. The van der Waals surface area contributed by atoms with E-state index in [2.05, 4.69) is 10.3 Å². The number of rotatable bonds is 8. The molecule has 1 aliphatic rings. The highest BCUT2D eigenvalue weighted by Crippen LogP contribution is 2.34. The predicted molar refractivity (Wildman–Crippen MR) is 101 cm³/mol. The number of aliphatic hydroxyl groups is 1. The van der Waals surface area contributed by atoms with E-state index in [9.17, 15) is 19.3 Å². The average Bonchev–Trinajstić information content (AvgIpc) is 2.93. The summed E-state index contributed by atoms with van der Waals surface area (Å²) < 4.78 is 31.3. The number of amides is 1. The summed E-state index contributed by atoms with van der Waals surface area (Å²) in [5.41, 5.74) is -0.680. The van der Waals surface area contributed by atoms with Gasteiger partial charge in [-0.15, -0.1) is 0 Å². The Kier molecular flexibility index (Phi) is 7.87. The molecule has 0 radical (unpaired) electrons. The first-order chi connectivity index (χ1) is 13.1. The van der Waals surface area contributed by atoms with E-state index >= 15 is 0 Å². The third-order valence-electron chi connectivity index (χ3n) is 4.43. The second-order valence-electron chi connectivity index (χ2n) is 6.72. The van der Waals surface area contributed by atoms with E-state index in [4.69, 9.17) is 14.0 Å². The zero-order valence-electron chi connectivity index (χ0n) is 16.5. The van der Waals surface area contributed by atoms with Gasteiger partial charge in [0, 0.05) is 26.3 Å². The number of carbonyl (C=O) groups excluding carboxylic acids is 1. The van der Waals surface area contributed by atoms with Crippen molar-refractivity contribution in [2.24, 2.45) is 0 Å². The number of ether oxygens (including phenoxy) is 2. The Hall–Kier alpha value is -1.62. The minimum absolute atomic E-state index is 0.0343. The molecule has 1 amide bonds. The first kappa shape index (κ1) is 22.7. The van der Waals surface area contributed by atoms with Gasteiger partial charge in [0.1, 0.15) is 24.1 Å². The lowest BCUT2D eigenvalue weighted by Gasteiger charge is -2.22. The molecule has 1 aromatic heterocycles. The molecule has 1 saturated heterocycles. The van der Waals surface area contributed by atoms with Gasteiger partial charge in [-0.3, -0.25) is 13.9 Å². The van der Waals surface area contributed by atoms with Crippen molar-refractivity contribution in [3.05, 3.63) is 22.7 Å². The lowest BCUT2D eigenvalue weighted by molar-refractivity contribution is -0.114. The molecule has 12 heteroatoms. The summed E-state index contributed by atoms with van der Waals surface area (Å²) in [5.74, 6) is -0.248. The number of hydrogen-bond donors (Lipinski definition) is 2. The highest BCUT2D eigenvalue weighted by Gasteiger charge is 2.45. The van der Waals surface area contributed by atoms with E-state index in [0.717, 1.165) is 4.57 Å². The number of nitrogens with one attached hydrogen (secondary N) is 1. The summed E-state index contributed by atoms with van der Waals surface area (Å²) in [6.07, 6.45) is -2.36. The van der Waals surface area contributed by atoms with Crippen molar-refractivity contribution in [2.75, 3.05) is 26.1 Å². The van der Waals surface area contributed by atoms with Crippen molar-refractivity contribution >= 4 is 19.9 Å². The molecular formula is C16H27N4O7P. The number of hydrogen-bond acceptors (Lipinski definition) is 8. The van der Waals surface area contributed by atoms with E-state index in [-0.39, 0.29) is 24.4 Å². The molecule has 5 atom stereocenters. The van der Waals surface area contributed by atoms with E-state index < -0.39 is 38.4 Å². The number of aliphatic hydroxyl groups excluding tert-OH is 1. The number of methoxy groups -OCH3 is 1. The summed E-state index contributed by atoms with van der Waals surface area (Å²) >= 11 is 0. The Bertz CT molecular complexity index is 772. The molecule has 1 aliphatic heterocycles. The Morgan fingerprint density at radius 1 is 1.54 bits per heavy atom. The molecule has 3 unspecified atom stereocenters. The lowest BCUT2D eigenvalue weighted by atomic mass is 10.1. The van der Waals surface area contributed by atoms with Crippen LogP contribution in [-0.4, -0.2) is 70.4 Å². The first-order valence-corrected chi connectivity index (χ1v) is 10.0. The van der Waals surface area contributed by atoms with Crippen LogP contribution in [-0.2, 0) is 23.4 Å². The summed E-state index contributed by atoms with van der Waals surface area (Å²) in [6.45, 7) is 4.94. The second-order valence-corrected chi connectivity index (χ2v) is 8.25. The van der Waals surface area contributed by atoms with E-state index in [1.165, 1.54) is 26.3 Å². The van der Waals surface area contributed by atoms with Gasteiger partial charge in [-0.05, 0) is 27.0 Å². The van der Waals surface area contributed by atoms with Gasteiger partial charge < -0.3 is 24.4 Å². The van der Waals surface area contributed by atoms with Crippen LogP contribution in [0.4, 0.5) is 5.82 Å². The topological polar surface area (TPSA) is 132 Å². The maximum atomic E-state index is 12.3. The van der Waals surface area contributed by atoms with Crippen molar-refractivity contribution in [2.45, 2.75) is 51.4 Å². The molecule has 2 N–H and O–H groups in total. The average molecular weight is 418 g/mol. The van der Waals surface area contributed by atoms with Crippen LogP contribution in [0.5, 0.6) is 0 Å². The molecule has 0 bridgehead atoms. The van der Waals surface area contributed by atoms with Crippen LogP contribution in [0.2, 0.25) is 0 Å².